The molecule has 1 aliphatic rings. The van der Waals surface area contributed by atoms with Gasteiger partial charge in [-0.1, -0.05) is 0 Å². The quantitative estimate of drug-likeness (QED) is 0.913. The van der Waals surface area contributed by atoms with Crippen LogP contribution < -0.4 is 0 Å². The Hall–Kier alpha value is -2.37. The van der Waals surface area contributed by atoms with Gasteiger partial charge in [0.15, 0.2) is 0 Å². The third kappa shape index (κ3) is 1.84. The first-order valence-electron chi connectivity index (χ1n) is 6.18. The van der Waals surface area contributed by atoms with Crippen LogP contribution in [0.2, 0.25) is 0 Å². The molecule has 1 aromatic heterocycles. The Balaban J connectivity index is 2.07. The number of carbonyl (C=O) groups excluding carboxylic acids is 1. The molecule has 1 saturated heterocycles. The van der Waals surface area contributed by atoms with Crippen LogP contribution in [0.3, 0.4) is 0 Å². The zero-order chi connectivity index (χ0) is 14.4. The van der Waals surface area contributed by atoms with Gasteiger partial charge in [0.05, 0.1) is 0 Å². The van der Waals surface area contributed by atoms with Crippen LogP contribution >= 0.6 is 0 Å². The van der Waals surface area contributed by atoms with E-state index in [4.69, 9.17) is 4.42 Å². The maximum Gasteiger partial charge on any atom is 0.372 e. The highest BCUT2D eigenvalue weighted by Crippen LogP contribution is 2.37. The van der Waals surface area contributed by atoms with Crippen molar-refractivity contribution in [3.05, 3.63) is 35.3 Å². The van der Waals surface area contributed by atoms with Crippen molar-refractivity contribution in [2.75, 3.05) is 13.1 Å². The number of carboxylic acid groups (broad SMARTS) is 1. The number of rotatable bonds is 2. The summed E-state index contributed by atoms with van der Waals surface area (Å²) in [5, 5.41) is 9.81. The molecule has 20 heavy (non-hydrogen) atoms. The second kappa shape index (κ2) is 4.33. The number of amides is 1. The lowest BCUT2D eigenvalue weighted by Crippen LogP contribution is -2.47. The fourth-order valence-electron chi connectivity index (χ4n) is 2.57. The van der Waals surface area contributed by atoms with Crippen molar-refractivity contribution in [3.63, 3.8) is 0 Å². The molecule has 3 rings (SSSR count). The standard InChI is InChI=1S/C14H12FNO4/c1-7(17)16-5-8(6-16)12-10-3-2-9(15)4-11(10)20-13(12)14(18)19/h2-4,8H,5-6H2,1H3,(H,18,19). The van der Waals surface area contributed by atoms with E-state index in [1.54, 1.807) is 4.90 Å². The predicted molar refractivity (Wildman–Crippen MR) is 68.1 cm³/mol. The topological polar surface area (TPSA) is 70.8 Å². The molecule has 1 amide bonds. The Kier molecular flexibility index (Phi) is 2.74. The molecule has 6 heteroatoms. The molecule has 1 aliphatic heterocycles. The fourth-order valence-corrected chi connectivity index (χ4v) is 2.57. The van der Waals surface area contributed by atoms with E-state index in [2.05, 4.69) is 0 Å². The number of likely N-dealkylation sites (tertiary alicyclic amines) is 1. The highest BCUT2D eigenvalue weighted by molar-refractivity contribution is 5.96. The normalized spacial score (nSPS) is 15.4. The molecule has 104 valence electrons. The predicted octanol–water partition coefficient (Wildman–Crippen LogP) is 2.22. The monoisotopic (exact) mass is 277 g/mol. The molecule has 0 bridgehead atoms. The van der Waals surface area contributed by atoms with Crippen molar-refractivity contribution in [1.29, 1.82) is 0 Å². The number of aromatic carboxylic acids is 1. The van der Waals surface area contributed by atoms with Crippen LogP contribution in [-0.4, -0.2) is 35.0 Å². The van der Waals surface area contributed by atoms with E-state index in [1.165, 1.54) is 25.1 Å². The highest BCUT2D eigenvalue weighted by atomic mass is 19.1. The van der Waals surface area contributed by atoms with Gasteiger partial charge in [-0.25, -0.2) is 9.18 Å². The van der Waals surface area contributed by atoms with Gasteiger partial charge in [0.1, 0.15) is 11.4 Å². The summed E-state index contributed by atoms with van der Waals surface area (Å²) in [6.07, 6.45) is 0. The first-order valence-corrected chi connectivity index (χ1v) is 6.18. The second-order valence-corrected chi connectivity index (χ2v) is 4.91. The zero-order valence-electron chi connectivity index (χ0n) is 10.7. The van der Waals surface area contributed by atoms with Crippen molar-refractivity contribution < 1.29 is 23.5 Å². The molecular formula is C14H12FNO4. The lowest BCUT2D eigenvalue weighted by Gasteiger charge is -2.38. The molecule has 0 atom stereocenters. The smallest absolute Gasteiger partial charge is 0.372 e. The summed E-state index contributed by atoms with van der Waals surface area (Å²) in [5.74, 6) is -1.96. The second-order valence-electron chi connectivity index (χ2n) is 4.91. The molecule has 0 unspecified atom stereocenters. The lowest BCUT2D eigenvalue weighted by molar-refractivity contribution is -0.133. The minimum Gasteiger partial charge on any atom is -0.475 e. The summed E-state index contributed by atoms with van der Waals surface area (Å²) in [7, 11) is 0. The van der Waals surface area contributed by atoms with Crippen molar-refractivity contribution in [2.45, 2.75) is 12.8 Å². The number of carbonyl (C=O) groups is 2. The van der Waals surface area contributed by atoms with Crippen molar-refractivity contribution in [3.8, 4) is 0 Å². The lowest BCUT2D eigenvalue weighted by atomic mass is 9.89. The van der Waals surface area contributed by atoms with E-state index >= 15 is 0 Å². The molecule has 1 N–H and O–H groups in total. The van der Waals surface area contributed by atoms with Crippen molar-refractivity contribution in [2.24, 2.45) is 0 Å². The first-order chi connectivity index (χ1) is 9.47. The minimum atomic E-state index is -1.18. The Morgan fingerprint density at radius 3 is 2.70 bits per heavy atom. The summed E-state index contributed by atoms with van der Waals surface area (Å²) >= 11 is 0. The minimum absolute atomic E-state index is 0.0445. The van der Waals surface area contributed by atoms with Gasteiger partial charge < -0.3 is 14.4 Å². The van der Waals surface area contributed by atoms with Crippen LogP contribution in [-0.2, 0) is 4.79 Å². The Morgan fingerprint density at radius 2 is 2.10 bits per heavy atom. The van der Waals surface area contributed by atoms with Crippen LogP contribution in [0.25, 0.3) is 11.0 Å². The maximum absolute atomic E-state index is 13.2. The maximum atomic E-state index is 13.2. The van der Waals surface area contributed by atoms with E-state index in [0.717, 1.165) is 0 Å². The molecule has 0 radical (unpaired) electrons. The zero-order valence-corrected chi connectivity index (χ0v) is 10.7. The summed E-state index contributed by atoms with van der Waals surface area (Å²) in [6, 6.07) is 3.97. The van der Waals surface area contributed by atoms with Gasteiger partial charge in [0, 0.05) is 42.9 Å². The third-order valence-electron chi connectivity index (χ3n) is 3.62. The average molecular weight is 277 g/mol. The van der Waals surface area contributed by atoms with Gasteiger partial charge in [0.25, 0.3) is 0 Å². The number of benzene rings is 1. The van der Waals surface area contributed by atoms with Crippen LogP contribution in [0.1, 0.15) is 29.0 Å². The molecule has 0 aliphatic carbocycles. The van der Waals surface area contributed by atoms with Gasteiger partial charge in [-0.05, 0) is 12.1 Å². The largest absolute Gasteiger partial charge is 0.475 e. The molecule has 1 aromatic carbocycles. The summed E-state index contributed by atoms with van der Waals surface area (Å²) in [4.78, 5) is 24.1. The molecule has 5 nitrogen and oxygen atoms in total. The Bertz CT molecular complexity index is 715. The molecule has 1 fully saturated rings. The first kappa shape index (κ1) is 12.7. The molecule has 0 saturated carbocycles. The third-order valence-corrected chi connectivity index (χ3v) is 3.62. The van der Waals surface area contributed by atoms with Crippen molar-refractivity contribution in [1.82, 2.24) is 4.90 Å². The van der Waals surface area contributed by atoms with E-state index in [0.29, 0.717) is 24.0 Å². The molecule has 0 spiro atoms. The van der Waals surface area contributed by atoms with Gasteiger partial charge in [-0.2, -0.15) is 0 Å². The molecule has 2 heterocycles. The fraction of sp³-hybridized carbons (Fsp3) is 0.286. The number of fused-ring (bicyclic) bond motifs is 1. The van der Waals surface area contributed by atoms with Crippen LogP contribution in [0.5, 0.6) is 0 Å². The van der Waals surface area contributed by atoms with E-state index in [-0.39, 0.29) is 23.2 Å². The number of hydrogen-bond donors (Lipinski definition) is 1. The Labute approximate surface area is 113 Å². The van der Waals surface area contributed by atoms with E-state index in [1.807, 2.05) is 0 Å². The van der Waals surface area contributed by atoms with Gasteiger partial charge >= 0.3 is 5.97 Å². The van der Waals surface area contributed by atoms with Crippen molar-refractivity contribution >= 4 is 22.8 Å². The number of hydrogen-bond acceptors (Lipinski definition) is 3. The van der Waals surface area contributed by atoms with Crippen LogP contribution in [0.4, 0.5) is 4.39 Å². The highest BCUT2D eigenvalue weighted by Gasteiger charge is 2.36. The van der Waals surface area contributed by atoms with E-state index < -0.39 is 11.8 Å². The summed E-state index contributed by atoms with van der Waals surface area (Å²) in [6.45, 7) is 2.39. The molecule has 2 aromatic rings. The molecular weight excluding hydrogens is 265 g/mol. The van der Waals surface area contributed by atoms with Gasteiger partial charge in [0.2, 0.25) is 11.7 Å². The summed E-state index contributed by atoms with van der Waals surface area (Å²) < 4.78 is 18.4. The number of halogens is 1. The number of nitrogens with zero attached hydrogens (tertiary/aromatic N) is 1. The number of carboxylic acids is 1. The van der Waals surface area contributed by atoms with Crippen LogP contribution in [0, 0.1) is 5.82 Å². The SMILES string of the molecule is CC(=O)N1CC(c2c(C(=O)O)oc3cc(F)ccc23)C1. The number of furan rings is 1. The van der Waals surface area contributed by atoms with E-state index in [9.17, 15) is 19.1 Å². The Morgan fingerprint density at radius 1 is 1.40 bits per heavy atom. The average Bonchev–Trinajstić information content (AvgIpc) is 2.65. The van der Waals surface area contributed by atoms with Gasteiger partial charge in [-0.3, -0.25) is 4.79 Å². The van der Waals surface area contributed by atoms with Crippen LogP contribution in [0.15, 0.2) is 22.6 Å². The summed E-state index contributed by atoms with van der Waals surface area (Å²) in [5.41, 5.74) is 0.767. The van der Waals surface area contributed by atoms with Gasteiger partial charge in [-0.15, -0.1) is 0 Å².